The average Bonchev–Trinajstić information content (AvgIpc) is 2.48. The minimum atomic E-state index is -0.0384. The van der Waals surface area contributed by atoms with Crippen LogP contribution in [0, 0.1) is 0 Å². The summed E-state index contributed by atoms with van der Waals surface area (Å²) in [4.78, 5) is 14.2. The third kappa shape index (κ3) is 4.82. The molecule has 0 saturated carbocycles. The average molecular weight is 335 g/mol. The number of hydrogen-bond acceptors (Lipinski definition) is 3. The third-order valence-corrected chi connectivity index (χ3v) is 4.32. The van der Waals surface area contributed by atoms with Crippen LogP contribution in [0.4, 0.5) is 0 Å². The zero-order chi connectivity index (χ0) is 17.0. The number of carbonyl (C=O) groups excluding carboxylic acids is 1. The molecule has 1 unspecified atom stereocenters. The zero-order valence-corrected chi connectivity index (χ0v) is 15.0. The molecule has 1 aromatic carbocycles. The largest absolute Gasteiger partial charge is 0.497 e. The maximum absolute atomic E-state index is 12.2. The molecule has 1 aliphatic rings. The fourth-order valence-electron chi connectivity index (χ4n) is 2.88. The van der Waals surface area contributed by atoms with Gasteiger partial charge < -0.3 is 20.3 Å². The number of ether oxygens (including phenoxy) is 1. The zero-order valence-electron chi connectivity index (χ0n) is 14.2. The highest BCUT2D eigenvalue weighted by Gasteiger charge is 2.33. The lowest BCUT2D eigenvalue weighted by Gasteiger charge is -2.44. The molecule has 5 nitrogen and oxygen atoms in total. The van der Waals surface area contributed by atoms with Gasteiger partial charge in [0.2, 0.25) is 5.91 Å². The Morgan fingerprint density at radius 1 is 1.52 bits per heavy atom. The van der Waals surface area contributed by atoms with E-state index in [1.165, 1.54) is 0 Å². The molecule has 0 aliphatic carbocycles. The molecular formula is C17H25N3O2S. The lowest BCUT2D eigenvalue weighted by Crippen LogP contribution is -2.61. The van der Waals surface area contributed by atoms with E-state index >= 15 is 0 Å². The number of methoxy groups -OCH3 is 1. The maximum Gasteiger partial charge on any atom is 0.239 e. The maximum atomic E-state index is 12.2. The van der Waals surface area contributed by atoms with Crippen molar-refractivity contribution in [2.75, 3.05) is 13.7 Å². The van der Waals surface area contributed by atoms with E-state index in [4.69, 9.17) is 17.0 Å². The van der Waals surface area contributed by atoms with Crippen molar-refractivity contribution >= 4 is 23.2 Å². The molecule has 1 aliphatic heterocycles. The summed E-state index contributed by atoms with van der Waals surface area (Å²) < 4.78 is 5.18. The Balaban J connectivity index is 1.88. The van der Waals surface area contributed by atoms with Crippen LogP contribution in [0.25, 0.3) is 0 Å². The SMILES string of the molecule is COc1cccc(CNC(=O)CN2C(=S)NC(C)(C)CC2C)c1. The standard InChI is InChI=1S/C17H25N3O2S/c1-12-9-17(2,3)19-16(23)20(12)11-15(21)18-10-13-6-5-7-14(8-13)22-4/h5-8,12H,9-11H2,1-4H3,(H,18,21)(H,19,23). The molecule has 1 aromatic rings. The number of carbonyl (C=O) groups is 1. The molecule has 0 radical (unpaired) electrons. The molecule has 1 saturated heterocycles. The van der Waals surface area contributed by atoms with Crippen molar-refractivity contribution in [1.29, 1.82) is 0 Å². The Kier molecular flexibility index (Phi) is 5.46. The van der Waals surface area contributed by atoms with Crippen LogP contribution in [-0.2, 0) is 11.3 Å². The number of nitrogens with one attached hydrogen (secondary N) is 2. The van der Waals surface area contributed by atoms with Crippen LogP contribution in [-0.4, -0.2) is 41.2 Å². The van der Waals surface area contributed by atoms with E-state index in [-0.39, 0.29) is 24.0 Å². The van der Waals surface area contributed by atoms with Gasteiger partial charge in [-0.3, -0.25) is 4.79 Å². The Morgan fingerprint density at radius 2 is 2.26 bits per heavy atom. The number of nitrogens with zero attached hydrogens (tertiary/aromatic N) is 1. The fraction of sp³-hybridized carbons (Fsp3) is 0.529. The van der Waals surface area contributed by atoms with Crippen molar-refractivity contribution in [2.45, 2.75) is 45.3 Å². The Labute approximate surface area is 143 Å². The van der Waals surface area contributed by atoms with Crippen molar-refractivity contribution in [2.24, 2.45) is 0 Å². The van der Waals surface area contributed by atoms with Crippen molar-refractivity contribution in [3.05, 3.63) is 29.8 Å². The molecule has 23 heavy (non-hydrogen) atoms. The van der Waals surface area contributed by atoms with Gasteiger partial charge in [-0.2, -0.15) is 0 Å². The fourth-order valence-corrected chi connectivity index (χ4v) is 3.40. The Hall–Kier alpha value is -1.82. The topological polar surface area (TPSA) is 53.6 Å². The number of benzene rings is 1. The molecule has 0 bridgehead atoms. The first kappa shape index (κ1) is 17.5. The van der Waals surface area contributed by atoms with Crippen LogP contribution in [0.5, 0.6) is 5.75 Å². The molecule has 0 aromatic heterocycles. The monoisotopic (exact) mass is 335 g/mol. The van der Waals surface area contributed by atoms with Crippen molar-refractivity contribution in [3.8, 4) is 5.75 Å². The number of amides is 1. The van der Waals surface area contributed by atoms with Gasteiger partial charge in [0, 0.05) is 18.1 Å². The molecule has 1 amide bonds. The van der Waals surface area contributed by atoms with Gasteiger partial charge in [-0.1, -0.05) is 12.1 Å². The van der Waals surface area contributed by atoms with E-state index in [0.717, 1.165) is 17.7 Å². The summed E-state index contributed by atoms with van der Waals surface area (Å²) >= 11 is 5.40. The van der Waals surface area contributed by atoms with Crippen molar-refractivity contribution < 1.29 is 9.53 Å². The van der Waals surface area contributed by atoms with Gasteiger partial charge in [0.1, 0.15) is 5.75 Å². The lowest BCUT2D eigenvalue weighted by atomic mass is 9.93. The lowest BCUT2D eigenvalue weighted by molar-refractivity contribution is -0.122. The second-order valence-electron chi connectivity index (χ2n) is 6.62. The molecule has 2 rings (SSSR count). The summed E-state index contributed by atoms with van der Waals surface area (Å²) in [6.07, 6.45) is 0.941. The summed E-state index contributed by atoms with van der Waals surface area (Å²) in [5.74, 6) is 0.748. The molecular weight excluding hydrogens is 310 g/mol. The van der Waals surface area contributed by atoms with Crippen LogP contribution < -0.4 is 15.4 Å². The molecule has 0 spiro atoms. The van der Waals surface area contributed by atoms with Gasteiger partial charge in [-0.05, 0) is 57.1 Å². The molecule has 1 atom stereocenters. The van der Waals surface area contributed by atoms with Gasteiger partial charge in [0.05, 0.1) is 13.7 Å². The first-order valence-corrected chi connectivity index (χ1v) is 8.20. The summed E-state index contributed by atoms with van der Waals surface area (Å²) in [5.41, 5.74) is 0.982. The van der Waals surface area contributed by atoms with Crippen LogP contribution >= 0.6 is 12.2 Å². The van der Waals surface area contributed by atoms with Gasteiger partial charge >= 0.3 is 0 Å². The second kappa shape index (κ2) is 7.17. The quantitative estimate of drug-likeness (QED) is 0.807. The second-order valence-corrected chi connectivity index (χ2v) is 7.01. The summed E-state index contributed by atoms with van der Waals surface area (Å²) in [6, 6.07) is 7.90. The number of thiocarbonyl (C=S) groups is 1. The van der Waals surface area contributed by atoms with Gasteiger partial charge in [0.25, 0.3) is 0 Å². The summed E-state index contributed by atoms with van der Waals surface area (Å²) in [7, 11) is 1.63. The van der Waals surface area contributed by atoms with E-state index < -0.39 is 0 Å². The van der Waals surface area contributed by atoms with Crippen LogP contribution in [0.3, 0.4) is 0 Å². The summed E-state index contributed by atoms with van der Waals surface area (Å²) in [5, 5.41) is 6.87. The molecule has 1 heterocycles. The van der Waals surface area contributed by atoms with Gasteiger partial charge in [-0.15, -0.1) is 0 Å². The Morgan fingerprint density at radius 3 is 2.91 bits per heavy atom. The van der Waals surface area contributed by atoms with E-state index in [1.54, 1.807) is 7.11 Å². The van der Waals surface area contributed by atoms with Gasteiger partial charge in [-0.25, -0.2) is 0 Å². The predicted octanol–water partition coefficient (Wildman–Crippen LogP) is 2.06. The highest BCUT2D eigenvalue weighted by molar-refractivity contribution is 7.80. The first-order chi connectivity index (χ1) is 10.8. The Bertz CT molecular complexity index is 589. The van der Waals surface area contributed by atoms with E-state index in [1.807, 2.05) is 29.2 Å². The van der Waals surface area contributed by atoms with Crippen molar-refractivity contribution in [1.82, 2.24) is 15.5 Å². The smallest absolute Gasteiger partial charge is 0.239 e. The normalized spacial score (nSPS) is 19.9. The minimum Gasteiger partial charge on any atom is -0.497 e. The molecule has 2 N–H and O–H groups in total. The van der Waals surface area contributed by atoms with Crippen molar-refractivity contribution in [3.63, 3.8) is 0 Å². The number of hydrogen-bond donors (Lipinski definition) is 2. The highest BCUT2D eigenvalue weighted by atomic mass is 32.1. The van der Waals surface area contributed by atoms with Crippen LogP contribution in [0.1, 0.15) is 32.8 Å². The first-order valence-electron chi connectivity index (χ1n) is 7.79. The van der Waals surface area contributed by atoms with Crippen LogP contribution in [0.15, 0.2) is 24.3 Å². The highest BCUT2D eigenvalue weighted by Crippen LogP contribution is 2.21. The van der Waals surface area contributed by atoms with Crippen LogP contribution in [0.2, 0.25) is 0 Å². The van der Waals surface area contributed by atoms with Gasteiger partial charge in [0.15, 0.2) is 5.11 Å². The predicted molar refractivity (Wildman–Crippen MR) is 95.4 cm³/mol. The van der Waals surface area contributed by atoms with E-state index in [2.05, 4.69) is 31.4 Å². The summed E-state index contributed by atoms with van der Waals surface area (Å²) in [6.45, 7) is 7.09. The minimum absolute atomic E-state index is 0.0237. The third-order valence-electron chi connectivity index (χ3n) is 3.98. The van der Waals surface area contributed by atoms with E-state index in [9.17, 15) is 4.79 Å². The molecule has 6 heteroatoms. The number of rotatable bonds is 5. The van der Waals surface area contributed by atoms with E-state index in [0.29, 0.717) is 11.7 Å². The molecule has 126 valence electrons. The molecule has 1 fully saturated rings.